The highest BCUT2D eigenvalue weighted by Crippen LogP contribution is 2.20. The summed E-state index contributed by atoms with van der Waals surface area (Å²) in [6, 6.07) is 8.02. The maximum Gasteiger partial charge on any atom is 0.216 e. The molecule has 3 N–H and O–H groups in total. The fourth-order valence-electron chi connectivity index (χ4n) is 2.02. The summed E-state index contributed by atoms with van der Waals surface area (Å²) in [6.45, 7) is 8.94. The molecule has 0 radical (unpaired) electrons. The zero-order valence-electron chi connectivity index (χ0n) is 12.8. The Bertz CT molecular complexity index is 415. The number of benzene rings is 1. The van der Waals surface area contributed by atoms with Crippen LogP contribution in [0.3, 0.4) is 0 Å². The number of hydrogen-bond acceptors (Lipinski definition) is 3. The van der Waals surface area contributed by atoms with Gasteiger partial charge in [0.1, 0.15) is 0 Å². The van der Waals surface area contributed by atoms with Gasteiger partial charge in [-0.05, 0) is 24.0 Å². The molecule has 1 rings (SSSR count). The molecule has 20 heavy (non-hydrogen) atoms. The lowest BCUT2D eigenvalue weighted by atomic mass is 9.98. The minimum absolute atomic E-state index is 0.0377. The Morgan fingerprint density at radius 2 is 1.65 bits per heavy atom. The maximum atomic E-state index is 10.7. The molecule has 0 bridgehead atoms. The monoisotopic (exact) mass is 278 g/mol. The topological polar surface area (TPSA) is 61.4 Å². The Labute approximate surface area is 121 Å². The first kappa shape index (κ1) is 16.7. The normalized spacial score (nSPS) is 14.1. The van der Waals surface area contributed by atoms with Crippen LogP contribution in [-0.2, 0) is 4.79 Å². The van der Waals surface area contributed by atoms with E-state index < -0.39 is 6.10 Å². The minimum Gasteiger partial charge on any atom is -0.387 e. The van der Waals surface area contributed by atoms with Crippen molar-refractivity contribution < 1.29 is 9.90 Å². The third-order valence-corrected chi connectivity index (χ3v) is 3.38. The van der Waals surface area contributed by atoms with Gasteiger partial charge in [0.15, 0.2) is 0 Å². The van der Waals surface area contributed by atoms with Crippen molar-refractivity contribution in [2.24, 2.45) is 0 Å². The first-order valence-electron chi connectivity index (χ1n) is 7.17. The van der Waals surface area contributed by atoms with E-state index in [1.54, 1.807) is 0 Å². The average Bonchev–Trinajstić information content (AvgIpc) is 2.42. The molecule has 0 fully saturated rings. The largest absolute Gasteiger partial charge is 0.387 e. The van der Waals surface area contributed by atoms with Crippen molar-refractivity contribution in [2.45, 2.75) is 45.8 Å². The second kappa shape index (κ2) is 8.02. The summed E-state index contributed by atoms with van der Waals surface area (Å²) in [5, 5.41) is 16.2. The molecule has 0 aromatic heterocycles. The van der Waals surface area contributed by atoms with E-state index in [1.165, 1.54) is 12.5 Å². The fourth-order valence-corrected chi connectivity index (χ4v) is 2.02. The van der Waals surface area contributed by atoms with Gasteiger partial charge in [0.2, 0.25) is 5.91 Å². The van der Waals surface area contributed by atoms with E-state index in [0.717, 1.165) is 5.56 Å². The molecule has 0 aliphatic carbocycles. The van der Waals surface area contributed by atoms with Crippen LogP contribution in [-0.4, -0.2) is 30.1 Å². The lowest BCUT2D eigenvalue weighted by molar-refractivity contribution is -0.118. The summed E-state index contributed by atoms with van der Waals surface area (Å²) >= 11 is 0. The second-order valence-electron chi connectivity index (χ2n) is 5.49. The van der Waals surface area contributed by atoms with Crippen LogP contribution in [0, 0.1) is 0 Å². The van der Waals surface area contributed by atoms with E-state index >= 15 is 0 Å². The Hall–Kier alpha value is -1.39. The lowest BCUT2D eigenvalue weighted by Gasteiger charge is -2.21. The summed E-state index contributed by atoms with van der Waals surface area (Å²) in [7, 11) is 0. The van der Waals surface area contributed by atoms with Gasteiger partial charge in [0.25, 0.3) is 0 Å². The van der Waals surface area contributed by atoms with Crippen molar-refractivity contribution in [3.63, 3.8) is 0 Å². The predicted octanol–water partition coefficient (Wildman–Crippen LogP) is 1.96. The number of nitrogens with one attached hydrogen (secondary N) is 2. The molecule has 0 saturated heterocycles. The van der Waals surface area contributed by atoms with Crippen LogP contribution < -0.4 is 10.6 Å². The standard InChI is InChI=1S/C16H26N2O2/c1-11(2)14-5-7-15(8-6-14)16(20)12(3)17-9-10-18-13(4)19/h5-8,11-12,16-17,20H,9-10H2,1-4H3,(H,18,19). The summed E-state index contributed by atoms with van der Waals surface area (Å²) in [5.41, 5.74) is 2.18. The van der Waals surface area contributed by atoms with Gasteiger partial charge in [-0.1, -0.05) is 38.1 Å². The van der Waals surface area contributed by atoms with Crippen LogP contribution in [0.25, 0.3) is 0 Å². The van der Waals surface area contributed by atoms with Gasteiger partial charge in [-0.2, -0.15) is 0 Å². The van der Waals surface area contributed by atoms with Crippen LogP contribution in [0.1, 0.15) is 50.8 Å². The van der Waals surface area contributed by atoms with Gasteiger partial charge < -0.3 is 15.7 Å². The Morgan fingerprint density at radius 1 is 1.10 bits per heavy atom. The number of aliphatic hydroxyl groups excluding tert-OH is 1. The Morgan fingerprint density at radius 3 is 2.15 bits per heavy atom. The zero-order chi connectivity index (χ0) is 15.1. The smallest absolute Gasteiger partial charge is 0.216 e. The number of hydrogen-bond donors (Lipinski definition) is 3. The average molecular weight is 278 g/mol. The van der Waals surface area contributed by atoms with Crippen molar-refractivity contribution in [3.8, 4) is 0 Å². The molecule has 0 spiro atoms. The van der Waals surface area contributed by atoms with E-state index in [4.69, 9.17) is 0 Å². The summed E-state index contributed by atoms with van der Waals surface area (Å²) in [5.74, 6) is 0.457. The quantitative estimate of drug-likeness (QED) is 0.668. The highest BCUT2D eigenvalue weighted by Gasteiger charge is 2.15. The highest BCUT2D eigenvalue weighted by atomic mass is 16.3. The zero-order valence-corrected chi connectivity index (χ0v) is 12.8. The van der Waals surface area contributed by atoms with Crippen molar-refractivity contribution in [1.29, 1.82) is 0 Å². The first-order valence-corrected chi connectivity index (χ1v) is 7.17. The molecule has 1 amide bonds. The molecule has 0 saturated carbocycles. The number of aliphatic hydroxyl groups is 1. The van der Waals surface area contributed by atoms with Gasteiger partial charge in [0, 0.05) is 26.1 Å². The van der Waals surface area contributed by atoms with Crippen molar-refractivity contribution in [1.82, 2.24) is 10.6 Å². The van der Waals surface area contributed by atoms with E-state index in [9.17, 15) is 9.90 Å². The van der Waals surface area contributed by atoms with Crippen molar-refractivity contribution in [3.05, 3.63) is 35.4 Å². The lowest BCUT2D eigenvalue weighted by Crippen LogP contribution is -2.38. The number of amides is 1. The van der Waals surface area contributed by atoms with Gasteiger partial charge >= 0.3 is 0 Å². The molecule has 1 aromatic carbocycles. The molecule has 1 aromatic rings. The summed E-state index contributed by atoms with van der Waals surface area (Å²) < 4.78 is 0. The van der Waals surface area contributed by atoms with Gasteiger partial charge in [-0.15, -0.1) is 0 Å². The third-order valence-electron chi connectivity index (χ3n) is 3.38. The van der Waals surface area contributed by atoms with Crippen LogP contribution in [0.4, 0.5) is 0 Å². The molecular formula is C16H26N2O2. The van der Waals surface area contributed by atoms with Crippen molar-refractivity contribution >= 4 is 5.91 Å². The molecule has 4 heteroatoms. The maximum absolute atomic E-state index is 10.7. The fraction of sp³-hybridized carbons (Fsp3) is 0.562. The molecule has 4 nitrogen and oxygen atoms in total. The molecule has 2 unspecified atom stereocenters. The van der Waals surface area contributed by atoms with E-state index in [0.29, 0.717) is 19.0 Å². The molecule has 0 aliphatic rings. The first-order chi connectivity index (χ1) is 9.41. The minimum atomic E-state index is -0.548. The predicted molar refractivity (Wildman–Crippen MR) is 81.6 cm³/mol. The van der Waals surface area contributed by atoms with Gasteiger partial charge in [0.05, 0.1) is 6.10 Å². The molecule has 0 aliphatic heterocycles. The number of carbonyl (C=O) groups is 1. The highest BCUT2D eigenvalue weighted by molar-refractivity contribution is 5.72. The molecular weight excluding hydrogens is 252 g/mol. The summed E-state index contributed by atoms with van der Waals surface area (Å²) in [4.78, 5) is 10.7. The Kier molecular flexibility index (Phi) is 6.68. The molecule has 2 atom stereocenters. The third kappa shape index (κ3) is 5.31. The van der Waals surface area contributed by atoms with Crippen LogP contribution in [0.5, 0.6) is 0 Å². The molecule has 112 valence electrons. The van der Waals surface area contributed by atoms with E-state index in [-0.39, 0.29) is 11.9 Å². The Balaban J connectivity index is 2.47. The van der Waals surface area contributed by atoms with Crippen LogP contribution in [0.15, 0.2) is 24.3 Å². The second-order valence-corrected chi connectivity index (χ2v) is 5.49. The van der Waals surface area contributed by atoms with E-state index in [2.05, 4.69) is 36.6 Å². The molecule has 0 heterocycles. The van der Waals surface area contributed by atoms with Gasteiger partial charge in [-0.3, -0.25) is 4.79 Å². The number of carbonyl (C=O) groups excluding carboxylic acids is 1. The number of rotatable bonds is 7. The SMILES string of the molecule is CC(=O)NCCNC(C)C(O)c1ccc(C(C)C)cc1. The van der Waals surface area contributed by atoms with Gasteiger partial charge in [-0.25, -0.2) is 0 Å². The van der Waals surface area contributed by atoms with Crippen molar-refractivity contribution in [2.75, 3.05) is 13.1 Å². The van der Waals surface area contributed by atoms with Crippen LogP contribution >= 0.6 is 0 Å². The van der Waals surface area contributed by atoms with E-state index in [1.807, 2.05) is 19.1 Å². The summed E-state index contributed by atoms with van der Waals surface area (Å²) in [6.07, 6.45) is -0.548. The van der Waals surface area contributed by atoms with Crippen LogP contribution in [0.2, 0.25) is 0 Å².